The van der Waals surface area contributed by atoms with Crippen molar-refractivity contribution in [2.45, 2.75) is 33.1 Å². The van der Waals surface area contributed by atoms with Crippen LogP contribution in [-0.4, -0.2) is 23.5 Å². The quantitative estimate of drug-likeness (QED) is 0.162. The first-order chi connectivity index (χ1) is 25.8. The van der Waals surface area contributed by atoms with Crippen molar-refractivity contribution in [3.63, 3.8) is 0 Å². The number of pyridine rings is 1. The van der Waals surface area contributed by atoms with Crippen molar-refractivity contribution in [1.82, 2.24) is 23.5 Å². The zero-order valence-corrected chi connectivity index (χ0v) is 32.5. The van der Waals surface area contributed by atoms with Crippen molar-refractivity contribution in [3.8, 4) is 34.1 Å². The number of rotatable bonds is 5. The fourth-order valence-electron chi connectivity index (χ4n) is 7.62. The molecular weight excluding hydrogens is 846 g/mol. The van der Waals surface area contributed by atoms with E-state index in [2.05, 4.69) is 150 Å². The fraction of sp³-hybridized carbons (Fsp3) is 0.106. The summed E-state index contributed by atoms with van der Waals surface area (Å²) in [6.07, 6.45) is 1.99. The molecule has 0 amide bonds. The molecule has 7 heteroatoms. The Kier molecular flexibility index (Phi) is 8.06. The number of hydrogen-bond acceptors (Lipinski definition) is 3. The van der Waals surface area contributed by atoms with Gasteiger partial charge in [0.15, 0.2) is 0 Å². The Morgan fingerprint density at radius 1 is 0.630 bits per heavy atom. The molecule has 0 aliphatic heterocycles. The molecule has 0 atom stereocenters. The van der Waals surface area contributed by atoms with E-state index in [0.717, 1.165) is 77.8 Å². The molecule has 10 rings (SSSR count). The molecule has 54 heavy (non-hydrogen) atoms. The number of benzene rings is 6. The first-order valence-electron chi connectivity index (χ1n) is 17.9. The van der Waals surface area contributed by atoms with Crippen LogP contribution in [0.15, 0.2) is 140 Å². The molecule has 0 bridgehead atoms. The van der Waals surface area contributed by atoms with Crippen molar-refractivity contribution in [2.24, 2.45) is 0 Å². The smallest absolute Gasteiger partial charge is 0.509 e. The molecule has 10 aromatic rings. The number of para-hydroxylation sites is 5. The average Bonchev–Trinajstić information content (AvgIpc) is 3.81. The number of imidazole rings is 2. The summed E-state index contributed by atoms with van der Waals surface area (Å²) in [7, 11) is 0. The number of aromatic nitrogens is 5. The van der Waals surface area contributed by atoms with E-state index in [1.165, 1.54) is 5.56 Å². The molecule has 6 aromatic carbocycles. The summed E-state index contributed by atoms with van der Waals surface area (Å²) in [5.74, 6) is 2.84. The van der Waals surface area contributed by atoms with E-state index in [9.17, 15) is 0 Å². The third-order valence-corrected chi connectivity index (χ3v) is 10.3. The SMILES string of the molecule is Cc1cc(-n2c3[c-]c(Oc4[c-]c(-n5c6ccccc6n6c7ccccc7nc56)ccc4)ccc3c3ccccc32)ncc1-c1ccc(C(C)(C)C)cc1.[Pt+2]. The maximum absolute atomic E-state index is 6.54. The Labute approximate surface area is 327 Å². The van der Waals surface area contributed by atoms with Crippen molar-refractivity contribution >= 4 is 49.7 Å². The van der Waals surface area contributed by atoms with Crippen LogP contribution in [0, 0.1) is 19.1 Å². The van der Waals surface area contributed by atoms with E-state index < -0.39 is 0 Å². The number of nitrogens with zero attached hydrogens (tertiary/aromatic N) is 5. The van der Waals surface area contributed by atoms with E-state index in [1.807, 2.05) is 42.6 Å². The van der Waals surface area contributed by atoms with Crippen LogP contribution in [0.25, 0.3) is 72.3 Å². The topological polar surface area (TPSA) is 49.3 Å². The summed E-state index contributed by atoms with van der Waals surface area (Å²) in [6, 6.07) is 53.2. The van der Waals surface area contributed by atoms with Crippen LogP contribution in [0.3, 0.4) is 0 Å². The third-order valence-electron chi connectivity index (χ3n) is 10.3. The monoisotopic (exact) mass is 880 g/mol. The zero-order valence-electron chi connectivity index (χ0n) is 30.2. The van der Waals surface area contributed by atoms with Crippen molar-refractivity contribution in [3.05, 3.63) is 163 Å². The van der Waals surface area contributed by atoms with Gasteiger partial charge in [0.1, 0.15) is 5.82 Å². The summed E-state index contributed by atoms with van der Waals surface area (Å²) in [5.41, 5.74) is 11.8. The number of fused-ring (bicyclic) bond motifs is 8. The molecule has 0 spiro atoms. The Balaban J connectivity index is 0.00000384. The Hall–Kier alpha value is -5.97. The van der Waals surface area contributed by atoms with Gasteiger partial charge in [0.25, 0.3) is 0 Å². The second-order valence-electron chi connectivity index (χ2n) is 14.7. The van der Waals surface area contributed by atoms with Gasteiger partial charge in [0.2, 0.25) is 5.78 Å². The maximum Gasteiger partial charge on any atom is 2.00 e. The van der Waals surface area contributed by atoms with Crippen molar-refractivity contribution in [1.29, 1.82) is 0 Å². The van der Waals surface area contributed by atoms with Crippen LogP contribution in [0.2, 0.25) is 0 Å². The van der Waals surface area contributed by atoms with Gasteiger partial charge in [0, 0.05) is 28.8 Å². The normalized spacial score (nSPS) is 11.9. The molecule has 0 saturated carbocycles. The van der Waals surface area contributed by atoms with Crippen molar-refractivity contribution in [2.75, 3.05) is 0 Å². The summed E-state index contributed by atoms with van der Waals surface area (Å²) >= 11 is 0. The van der Waals surface area contributed by atoms with Crippen LogP contribution in [0.4, 0.5) is 0 Å². The Morgan fingerprint density at radius 2 is 1.33 bits per heavy atom. The third kappa shape index (κ3) is 5.44. The predicted molar refractivity (Wildman–Crippen MR) is 215 cm³/mol. The minimum atomic E-state index is 0. The zero-order chi connectivity index (χ0) is 35.8. The molecule has 0 unspecified atom stereocenters. The second kappa shape index (κ2) is 12.9. The summed E-state index contributed by atoms with van der Waals surface area (Å²) in [4.78, 5) is 10.1. The number of aryl methyl sites for hydroxylation is 1. The van der Waals surface area contributed by atoms with Gasteiger partial charge in [-0.15, -0.1) is 35.7 Å². The molecule has 0 N–H and O–H groups in total. The van der Waals surface area contributed by atoms with E-state index in [4.69, 9.17) is 14.7 Å². The van der Waals surface area contributed by atoms with E-state index in [1.54, 1.807) is 0 Å². The summed E-state index contributed by atoms with van der Waals surface area (Å²) in [5, 5.41) is 2.22. The summed E-state index contributed by atoms with van der Waals surface area (Å²) < 4.78 is 13.1. The minimum Gasteiger partial charge on any atom is -0.509 e. The average molecular weight is 881 g/mol. The Bertz CT molecular complexity index is 3030. The van der Waals surface area contributed by atoms with Crippen molar-refractivity contribution < 1.29 is 25.8 Å². The standard InChI is InChI=1S/C47H35N5O.Pt/c1-30-26-45(48-29-38(30)31-20-22-32(23-21-31)47(2,3)4)51-40-16-7-5-14-36(40)37-25-24-35(28-44(37)51)53-34-13-11-12-33(27-34)50-42-18-9-10-19-43(42)52-41-17-8-6-15-39(41)49-46(50)52;/h5-26,29H,1-4H3;/q-2;+2. The molecule has 264 valence electrons. The van der Waals surface area contributed by atoms with Crippen LogP contribution in [-0.2, 0) is 26.5 Å². The van der Waals surface area contributed by atoms with Gasteiger partial charge in [-0.05, 0) is 70.8 Å². The Morgan fingerprint density at radius 3 is 2.11 bits per heavy atom. The van der Waals surface area contributed by atoms with Crippen LogP contribution in [0.5, 0.6) is 11.5 Å². The van der Waals surface area contributed by atoms with Crippen LogP contribution >= 0.6 is 0 Å². The van der Waals surface area contributed by atoms with Gasteiger partial charge in [0.05, 0.1) is 22.1 Å². The first kappa shape index (κ1) is 33.8. The van der Waals surface area contributed by atoms with Gasteiger partial charge < -0.3 is 13.9 Å². The molecule has 0 fully saturated rings. The molecule has 0 radical (unpaired) electrons. The molecule has 0 aliphatic carbocycles. The fourth-order valence-corrected chi connectivity index (χ4v) is 7.62. The molecule has 4 heterocycles. The minimum absolute atomic E-state index is 0. The first-order valence-corrected chi connectivity index (χ1v) is 17.9. The van der Waals surface area contributed by atoms with Gasteiger partial charge in [-0.3, -0.25) is 4.40 Å². The van der Waals surface area contributed by atoms with E-state index in [0.29, 0.717) is 11.5 Å². The number of hydrogen-bond donors (Lipinski definition) is 0. The molecular formula is C47H35N5OPt. The predicted octanol–water partition coefficient (Wildman–Crippen LogP) is 11.6. The van der Waals surface area contributed by atoms with Crippen LogP contribution in [0.1, 0.15) is 31.9 Å². The van der Waals surface area contributed by atoms with Gasteiger partial charge in [-0.1, -0.05) is 98.7 Å². The second-order valence-corrected chi connectivity index (χ2v) is 14.7. The van der Waals surface area contributed by atoms with E-state index in [-0.39, 0.29) is 26.5 Å². The van der Waals surface area contributed by atoms with Gasteiger partial charge in [-0.25, -0.2) is 9.97 Å². The summed E-state index contributed by atoms with van der Waals surface area (Å²) in [6.45, 7) is 8.87. The van der Waals surface area contributed by atoms with Gasteiger partial charge >= 0.3 is 21.1 Å². The molecule has 0 aliphatic rings. The molecule has 6 nitrogen and oxygen atoms in total. The molecule has 4 aromatic heterocycles. The number of ether oxygens (including phenoxy) is 1. The van der Waals surface area contributed by atoms with Gasteiger partial charge in [-0.2, -0.15) is 12.1 Å². The molecule has 0 saturated heterocycles. The largest absolute Gasteiger partial charge is 2.00 e. The maximum atomic E-state index is 6.54. The van der Waals surface area contributed by atoms with Crippen LogP contribution < -0.4 is 4.74 Å². The van der Waals surface area contributed by atoms with E-state index >= 15 is 0 Å².